The molecule has 2 aromatic rings. The van der Waals surface area contributed by atoms with Crippen LogP contribution in [0.3, 0.4) is 0 Å². The minimum Gasteiger partial charge on any atom is -0.373 e. The standard InChI is InChI=1S/C13H14Cl2N4/c1-3-10-17-11(16-2)7-12(18-10)19-13-8(14)5-4-6-9(13)15/h4-7H,3H2,1-2H3,(H2,16,17,18,19). The Bertz CT molecular complexity index is 544. The molecule has 0 aliphatic carbocycles. The molecular formula is C13H14Cl2N4. The molecule has 0 amide bonds. The van der Waals surface area contributed by atoms with Gasteiger partial charge in [0.25, 0.3) is 0 Å². The predicted octanol–water partition coefficient (Wildman–Crippen LogP) is 4.13. The summed E-state index contributed by atoms with van der Waals surface area (Å²) in [6.45, 7) is 2.00. The maximum absolute atomic E-state index is 6.12. The van der Waals surface area contributed by atoms with E-state index in [2.05, 4.69) is 20.6 Å². The smallest absolute Gasteiger partial charge is 0.136 e. The molecule has 1 aromatic carbocycles. The fourth-order valence-electron chi connectivity index (χ4n) is 1.59. The second-order valence-corrected chi connectivity index (χ2v) is 4.69. The molecule has 6 heteroatoms. The second-order valence-electron chi connectivity index (χ2n) is 3.88. The topological polar surface area (TPSA) is 49.8 Å². The Morgan fingerprint density at radius 1 is 1.11 bits per heavy atom. The highest BCUT2D eigenvalue weighted by Crippen LogP contribution is 2.32. The monoisotopic (exact) mass is 296 g/mol. The van der Waals surface area contributed by atoms with Gasteiger partial charge in [-0.15, -0.1) is 0 Å². The van der Waals surface area contributed by atoms with Crippen LogP contribution >= 0.6 is 23.2 Å². The van der Waals surface area contributed by atoms with Crippen molar-refractivity contribution in [3.8, 4) is 0 Å². The van der Waals surface area contributed by atoms with Gasteiger partial charge in [0, 0.05) is 19.5 Å². The lowest BCUT2D eigenvalue weighted by molar-refractivity contribution is 0.945. The van der Waals surface area contributed by atoms with Crippen molar-refractivity contribution in [1.29, 1.82) is 0 Å². The number of halogens is 2. The number of anilines is 3. The summed E-state index contributed by atoms with van der Waals surface area (Å²) in [7, 11) is 1.81. The van der Waals surface area contributed by atoms with Crippen molar-refractivity contribution in [3.63, 3.8) is 0 Å². The Labute approximate surface area is 122 Å². The molecular weight excluding hydrogens is 283 g/mol. The Balaban J connectivity index is 2.37. The average molecular weight is 297 g/mol. The summed E-state index contributed by atoms with van der Waals surface area (Å²) >= 11 is 12.2. The van der Waals surface area contributed by atoms with Crippen molar-refractivity contribution in [3.05, 3.63) is 40.1 Å². The highest BCUT2D eigenvalue weighted by molar-refractivity contribution is 6.39. The van der Waals surface area contributed by atoms with Gasteiger partial charge in [0.05, 0.1) is 15.7 Å². The highest BCUT2D eigenvalue weighted by atomic mass is 35.5. The highest BCUT2D eigenvalue weighted by Gasteiger charge is 2.08. The molecule has 0 radical (unpaired) electrons. The summed E-state index contributed by atoms with van der Waals surface area (Å²) < 4.78 is 0. The Morgan fingerprint density at radius 3 is 2.32 bits per heavy atom. The lowest BCUT2D eigenvalue weighted by Crippen LogP contribution is -2.03. The number of para-hydroxylation sites is 1. The van der Waals surface area contributed by atoms with Crippen molar-refractivity contribution < 1.29 is 0 Å². The first-order valence-electron chi connectivity index (χ1n) is 5.90. The van der Waals surface area contributed by atoms with E-state index >= 15 is 0 Å². The minimum absolute atomic E-state index is 0.551. The van der Waals surface area contributed by atoms with Crippen LogP contribution in [0.1, 0.15) is 12.7 Å². The molecule has 2 N–H and O–H groups in total. The van der Waals surface area contributed by atoms with E-state index < -0.39 is 0 Å². The zero-order valence-corrected chi connectivity index (χ0v) is 12.2. The number of nitrogens with one attached hydrogen (secondary N) is 2. The van der Waals surface area contributed by atoms with Crippen LogP contribution in [0.15, 0.2) is 24.3 Å². The van der Waals surface area contributed by atoms with Crippen LogP contribution in [0, 0.1) is 0 Å². The number of nitrogens with zero attached hydrogens (tertiary/aromatic N) is 2. The van der Waals surface area contributed by atoms with Crippen LogP contribution < -0.4 is 10.6 Å². The van der Waals surface area contributed by atoms with Crippen LogP contribution in [-0.2, 0) is 6.42 Å². The van der Waals surface area contributed by atoms with E-state index in [4.69, 9.17) is 23.2 Å². The quantitative estimate of drug-likeness (QED) is 0.891. The van der Waals surface area contributed by atoms with E-state index in [1.165, 1.54) is 0 Å². The first-order valence-corrected chi connectivity index (χ1v) is 6.66. The molecule has 0 saturated heterocycles. The molecule has 100 valence electrons. The normalized spacial score (nSPS) is 10.3. The summed E-state index contributed by atoms with van der Waals surface area (Å²) in [4.78, 5) is 8.73. The molecule has 0 aliphatic rings. The SMILES string of the molecule is CCc1nc(NC)cc(Nc2c(Cl)cccc2Cl)n1. The van der Waals surface area contributed by atoms with Gasteiger partial charge in [-0.3, -0.25) is 0 Å². The Morgan fingerprint density at radius 2 is 1.74 bits per heavy atom. The number of benzene rings is 1. The zero-order valence-electron chi connectivity index (χ0n) is 10.7. The van der Waals surface area contributed by atoms with E-state index in [0.29, 0.717) is 21.6 Å². The van der Waals surface area contributed by atoms with Gasteiger partial charge in [0.15, 0.2) is 0 Å². The third-order valence-corrected chi connectivity index (χ3v) is 3.19. The van der Waals surface area contributed by atoms with Gasteiger partial charge >= 0.3 is 0 Å². The lowest BCUT2D eigenvalue weighted by Gasteiger charge is -2.11. The molecule has 4 nitrogen and oxygen atoms in total. The van der Waals surface area contributed by atoms with Crippen LogP contribution in [0.4, 0.5) is 17.3 Å². The number of rotatable bonds is 4. The number of hydrogen-bond donors (Lipinski definition) is 2. The van der Waals surface area contributed by atoms with E-state index in [1.807, 2.05) is 14.0 Å². The number of aromatic nitrogens is 2. The van der Waals surface area contributed by atoms with Crippen molar-refractivity contribution >= 4 is 40.5 Å². The first-order chi connectivity index (χ1) is 9.13. The summed E-state index contributed by atoms with van der Waals surface area (Å²) in [6.07, 6.45) is 0.750. The van der Waals surface area contributed by atoms with Gasteiger partial charge < -0.3 is 10.6 Å². The molecule has 1 aromatic heterocycles. The van der Waals surface area contributed by atoms with Gasteiger partial charge in [-0.1, -0.05) is 36.2 Å². The molecule has 0 spiro atoms. The Kier molecular flexibility index (Phi) is 4.45. The maximum atomic E-state index is 6.12. The maximum Gasteiger partial charge on any atom is 0.136 e. The fraction of sp³-hybridized carbons (Fsp3) is 0.231. The molecule has 1 heterocycles. The summed E-state index contributed by atoms with van der Waals surface area (Å²) in [5.41, 5.74) is 0.647. The van der Waals surface area contributed by atoms with E-state index in [-0.39, 0.29) is 0 Å². The summed E-state index contributed by atoms with van der Waals surface area (Å²) in [5, 5.41) is 7.24. The first kappa shape index (κ1) is 13.9. The Hall–Kier alpha value is -1.52. The second kappa shape index (κ2) is 6.08. The molecule has 0 fully saturated rings. The van der Waals surface area contributed by atoms with Gasteiger partial charge in [-0.05, 0) is 12.1 Å². The third kappa shape index (κ3) is 3.28. The minimum atomic E-state index is 0.551. The molecule has 0 atom stereocenters. The van der Waals surface area contributed by atoms with Gasteiger partial charge in [-0.25, -0.2) is 9.97 Å². The summed E-state index contributed by atoms with van der Waals surface area (Å²) in [5.74, 6) is 2.15. The van der Waals surface area contributed by atoms with E-state index in [1.54, 1.807) is 24.3 Å². The third-order valence-electron chi connectivity index (χ3n) is 2.56. The van der Waals surface area contributed by atoms with Crippen molar-refractivity contribution in [2.75, 3.05) is 17.7 Å². The van der Waals surface area contributed by atoms with Gasteiger partial charge in [-0.2, -0.15) is 0 Å². The number of hydrogen-bond acceptors (Lipinski definition) is 4. The molecule has 0 saturated carbocycles. The van der Waals surface area contributed by atoms with Crippen LogP contribution in [0.5, 0.6) is 0 Å². The molecule has 0 bridgehead atoms. The molecule has 19 heavy (non-hydrogen) atoms. The van der Waals surface area contributed by atoms with Gasteiger partial charge in [0.2, 0.25) is 0 Å². The largest absolute Gasteiger partial charge is 0.373 e. The molecule has 0 unspecified atom stereocenters. The van der Waals surface area contributed by atoms with E-state index in [9.17, 15) is 0 Å². The lowest BCUT2D eigenvalue weighted by atomic mass is 10.3. The fourth-order valence-corrected chi connectivity index (χ4v) is 2.08. The van der Waals surface area contributed by atoms with E-state index in [0.717, 1.165) is 18.1 Å². The zero-order chi connectivity index (χ0) is 13.8. The predicted molar refractivity (Wildman–Crippen MR) is 80.7 cm³/mol. The molecule has 0 aliphatic heterocycles. The van der Waals surface area contributed by atoms with Crippen molar-refractivity contribution in [2.45, 2.75) is 13.3 Å². The average Bonchev–Trinajstić information content (AvgIpc) is 2.42. The number of aryl methyl sites for hydroxylation is 1. The van der Waals surface area contributed by atoms with Crippen LogP contribution in [0.25, 0.3) is 0 Å². The van der Waals surface area contributed by atoms with Gasteiger partial charge in [0.1, 0.15) is 17.5 Å². The van der Waals surface area contributed by atoms with Crippen LogP contribution in [0.2, 0.25) is 10.0 Å². The van der Waals surface area contributed by atoms with Crippen molar-refractivity contribution in [1.82, 2.24) is 9.97 Å². The molecule has 2 rings (SSSR count). The van der Waals surface area contributed by atoms with Crippen molar-refractivity contribution in [2.24, 2.45) is 0 Å². The summed E-state index contributed by atoms with van der Waals surface area (Å²) in [6, 6.07) is 7.15. The van der Waals surface area contributed by atoms with Crippen LogP contribution in [-0.4, -0.2) is 17.0 Å².